The molecule has 0 saturated carbocycles. The molecule has 0 aliphatic carbocycles. The van der Waals surface area contributed by atoms with Crippen molar-refractivity contribution < 1.29 is 4.79 Å². The standard InChI is InChI=1S/C11H11N3O/c1-13-10(11(15)14-2)9-5-3-8(7-12)4-6-9/h3-6H,1-2H3,(H,14,15). The predicted molar refractivity (Wildman–Crippen MR) is 57.7 cm³/mol. The number of aliphatic imine (C=N–C) groups is 1. The van der Waals surface area contributed by atoms with E-state index in [0.717, 1.165) is 0 Å². The third-order valence-electron chi connectivity index (χ3n) is 1.95. The number of nitrogens with one attached hydrogen (secondary N) is 1. The first kappa shape index (κ1) is 10.9. The summed E-state index contributed by atoms with van der Waals surface area (Å²) in [6.45, 7) is 0. The highest BCUT2D eigenvalue weighted by Gasteiger charge is 2.10. The first-order valence-electron chi connectivity index (χ1n) is 4.42. The lowest BCUT2D eigenvalue weighted by Crippen LogP contribution is -2.28. The van der Waals surface area contributed by atoms with Crippen molar-refractivity contribution in [3.63, 3.8) is 0 Å². The quantitative estimate of drug-likeness (QED) is 0.716. The van der Waals surface area contributed by atoms with Gasteiger partial charge in [-0.05, 0) is 12.1 Å². The number of amides is 1. The molecule has 4 heteroatoms. The van der Waals surface area contributed by atoms with Crippen LogP contribution in [0.15, 0.2) is 29.3 Å². The van der Waals surface area contributed by atoms with Crippen LogP contribution in [0.4, 0.5) is 0 Å². The summed E-state index contributed by atoms with van der Waals surface area (Å²) in [7, 11) is 3.11. The van der Waals surface area contributed by atoms with Gasteiger partial charge in [0.15, 0.2) is 0 Å². The van der Waals surface area contributed by atoms with Gasteiger partial charge < -0.3 is 5.32 Å². The largest absolute Gasteiger partial charge is 0.354 e. The van der Waals surface area contributed by atoms with Crippen molar-refractivity contribution in [1.82, 2.24) is 5.32 Å². The van der Waals surface area contributed by atoms with E-state index >= 15 is 0 Å². The Labute approximate surface area is 88.3 Å². The van der Waals surface area contributed by atoms with Gasteiger partial charge in [0.25, 0.3) is 5.91 Å². The highest BCUT2D eigenvalue weighted by Crippen LogP contribution is 2.05. The maximum Gasteiger partial charge on any atom is 0.269 e. The van der Waals surface area contributed by atoms with Gasteiger partial charge in [-0.1, -0.05) is 12.1 Å². The van der Waals surface area contributed by atoms with E-state index in [1.807, 2.05) is 6.07 Å². The Morgan fingerprint density at radius 2 is 2.00 bits per heavy atom. The van der Waals surface area contributed by atoms with E-state index in [9.17, 15) is 4.79 Å². The highest BCUT2D eigenvalue weighted by molar-refractivity contribution is 6.45. The summed E-state index contributed by atoms with van der Waals surface area (Å²) >= 11 is 0. The van der Waals surface area contributed by atoms with Gasteiger partial charge in [-0.2, -0.15) is 5.26 Å². The fourth-order valence-electron chi connectivity index (χ4n) is 1.18. The molecule has 0 saturated heterocycles. The summed E-state index contributed by atoms with van der Waals surface area (Å²) in [5.74, 6) is -0.234. The Hall–Kier alpha value is -2.15. The zero-order valence-electron chi connectivity index (χ0n) is 8.61. The molecule has 1 N–H and O–H groups in total. The van der Waals surface area contributed by atoms with Gasteiger partial charge in [-0.25, -0.2) is 0 Å². The molecular weight excluding hydrogens is 190 g/mol. The molecule has 0 unspecified atom stereocenters. The summed E-state index contributed by atoms with van der Waals surface area (Å²) in [4.78, 5) is 15.3. The number of nitriles is 1. The lowest BCUT2D eigenvalue weighted by Gasteiger charge is -2.03. The molecule has 1 amide bonds. The van der Waals surface area contributed by atoms with Gasteiger partial charge in [-0.3, -0.25) is 9.79 Å². The molecule has 76 valence electrons. The van der Waals surface area contributed by atoms with Crippen molar-refractivity contribution in [3.05, 3.63) is 35.4 Å². The van der Waals surface area contributed by atoms with Crippen molar-refractivity contribution in [2.75, 3.05) is 14.1 Å². The van der Waals surface area contributed by atoms with E-state index in [-0.39, 0.29) is 5.91 Å². The molecule has 1 aromatic carbocycles. The van der Waals surface area contributed by atoms with E-state index in [0.29, 0.717) is 16.8 Å². The third kappa shape index (κ3) is 2.41. The van der Waals surface area contributed by atoms with Crippen LogP contribution in [-0.2, 0) is 4.79 Å². The summed E-state index contributed by atoms with van der Waals surface area (Å²) in [6, 6.07) is 8.74. The predicted octanol–water partition coefficient (Wildman–Crippen LogP) is 0.723. The summed E-state index contributed by atoms with van der Waals surface area (Å²) in [5, 5.41) is 11.1. The highest BCUT2D eigenvalue weighted by atomic mass is 16.1. The van der Waals surface area contributed by atoms with Crippen LogP contribution in [0.5, 0.6) is 0 Å². The smallest absolute Gasteiger partial charge is 0.269 e. The number of likely N-dealkylation sites (N-methyl/N-ethyl adjacent to an activating group) is 1. The van der Waals surface area contributed by atoms with Gasteiger partial charge in [0, 0.05) is 19.7 Å². The zero-order chi connectivity index (χ0) is 11.3. The van der Waals surface area contributed by atoms with Crippen molar-refractivity contribution in [2.45, 2.75) is 0 Å². The van der Waals surface area contributed by atoms with E-state index in [1.165, 1.54) is 0 Å². The van der Waals surface area contributed by atoms with Crippen LogP contribution in [-0.4, -0.2) is 25.7 Å². The van der Waals surface area contributed by atoms with Gasteiger partial charge in [0.05, 0.1) is 11.6 Å². The van der Waals surface area contributed by atoms with E-state index < -0.39 is 0 Å². The maximum absolute atomic E-state index is 11.4. The molecule has 0 fully saturated rings. The second-order valence-electron chi connectivity index (χ2n) is 2.84. The van der Waals surface area contributed by atoms with Crippen LogP contribution in [0.25, 0.3) is 0 Å². The molecule has 0 bridgehead atoms. The first-order valence-corrected chi connectivity index (χ1v) is 4.42. The lowest BCUT2D eigenvalue weighted by atomic mass is 10.1. The van der Waals surface area contributed by atoms with Crippen LogP contribution in [0.1, 0.15) is 11.1 Å². The van der Waals surface area contributed by atoms with Crippen molar-refractivity contribution in [1.29, 1.82) is 5.26 Å². The Kier molecular flexibility index (Phi) is 3.58. The number of hydrogen-bond acceptors (Lipinski definition) is 3. The molecule has 0 spiro atoms. The normalized spacial score (nSPS) is 10.6. The Bertz CT molecular complexity index is 426. The first-order chi connectivity index (χ1) is 7.22. The molecule has 1 rings (SSSR count). The van der Waals surface area contributed by atoms with Crippen molar-refractivity contribution >= 4 is 11.6 Å². The van der Waals surface area contributed by atoms with Gasteiger partial charge in [0.2, 0.25) is 0 Å². The van der Waals surface area contributed by atoms with E-state index in [2.05, 4.69) is 10.3 Å². The zero-order valence-corrected chi connectivity index (χ0v) is 8.61. The van der Waals surface area contributed by atoms with Gasteiger partial charge in [-0.15, -0.1) is 0 Å². The average molecular weight is 201 g/mol. The van der Waals surface area contributed by atoms with Crippen LogP contribution >= 0.6 is 0 Å². The minimum absolute atomic E-state index is 0.234. The summed E-state index contributed by atoms with van der Waals surface area (Å²) in [6.07, 6.45) is 0. The molecule has 4 nitrogen and oxygen atoms in total. The summed E-state index contributed by atoms with van der Waals surface area (Å²) in [5.41, 5.74) is 1.63. The van der Waals surface area contributed by atoms with Crippen LogP contribution in [0, 0.1) is 11.3 Å². The Balaban J connectivity index is 3.06. The molecule has 0 aliphatic rings. The number of benzene rings is 1. The average Bonchev–Trinajstić information content (AvgIpc) is 2.30. The fourth-order valence-corrected chi connectivity index (χ4v) is 1.18. The SMILES string of the molecule is CN=C(C(=O)NC)c1ccc(C#N)cc1. The second-order valence-corrected chi connectivity index (χ2v) is 2.84. The van der Waals surface area contributed by atoms with Crippen molar-refractivity contribution in [3.8, 4) is 6.07 Å². The number of rotatable bonds is 2. The number of carbonyl (C=O) groups is 1. The number of carbonyl (C=O) groups excluding carboxylic acids is 1. The minimum Gasteiger partial charge on any atom is -0.354 e. The molecule has 0 aliphatic heterocycles. The van der Waals surface area contributed by atoms with Crippen LogP contribution in [0.3, 0.4) is 0 Å². The number of hydrogen-bond donors (Lipinski definition) is 1. The Morgan fingerprint density at radius 3 is 2.40 bits per heavy atom. The molecular formula is C11H11N3O. The summed E-state index contributed by atoms with van der Waals surface area (Å²) < 4.78 is 0. The third-order valence-corrected chi connectivity index (χ3v) is 1.95. The molecule has 0 aromatic heterocycles. The number of nitrogens with zero attached hydrogens (tertiary/aromatic N) is 2. The van der Waals surface area contributed by atoms with Crippen LogP contribution in [0.2, 0.25) is 0 Å². The molecule has 0 radical (unpaired) electrons. The van der Waals surface area contributed by atoms with Gasteiger partial charge in [0.1, 0.15) is 5.71 Å². The fraction of sp³-hybridized carbons (Fsp3) is 0.182. The maximum atomic E-state index is 11.4. The van der Waals surface area contributed by atoms with Crippen LogP contribution < -0.4 is 5.32 Å². The second kappa shape index (κ2) is 4.91. The Morgan fingerprint density at radius 1 is 1.40 bits per heavy atom. The molecule has 1 aromatic rings. The minimum atomic E-state index is -0.234. The van der Waals surface area contributed by atoms with Crippen molar-refractivity contribution in [2.24, 2.45) is 4.99 Å². The topological polar surface area (TPSA) is 65.2 Å². The molecule has 15 heavy (non-hydrogen) atoms. The monoisotopic (exact) mass is 201 g/mol. The van der Waals surface area contributed by atoms with Gasteiger partial charge >= 0.3 is 0 Å². The molecule has 0 heterocycles. The lowest BCUT2D eigenvalue weighted by molar-refractivity contribution is -0.114. The molecule has 0 atom stereocenters. The van der Waals surface area contributed by atoms with E-state index in [1.54, 1.807) is 38.4 Å². The van der Waals surface area contributed by atoms with E-state index in [4.69, 9.17) is 5.26 Å².